The van der Waals surface area contributed by atoms with Crippen molar-refractivity contribution >= 4 is 34.8 Å². The first-order valence-electron chi connectivity index (χ1n) is 8.82. The van der Waals surface area contributed by atoms with Crippen molar-refractivity contribution in [3.63, 3.8) is 0 Å². The average molecular weight is 406 g/mol. The minimum atomic E-state index is -0.641. The molecule has 2 aromatic carbocycles. The predicted molar refractivity (Wildman–Crippen MR) is 114 cm³/mol. The molecule has 5 nitrogen and oxygen atoms in total. The van der Waals surface area contributed by atoms with Crippen LogP contribution in [0, 0.1) is 12.1 Å². The lowest BCUT2D eigenvalue weighted by Gasteiger charge is -2.35. The Balaban J connectivity index is 0.00000210. The van der Waals surface area contributed by atoms with Crippen LogP contribution in [0.3, 0.4) is 0 Å². The largest absolute Gasteiger partial charge is 0.599 e. The lowest BCUT2D eigenvalue weighted by molar-refractivity contribution is 0.241. The fourth-order valence-corrected chi connectivity index (χ4v) is 4.84. The van der Waals surface area contributed by atoms with Gasteiger partial charge in [0.15, 0.2) is 5.69 Å². The number of likely N-dealkylation sites (N-methyl/N-ethyl adjacent to an activating group) is 1. The highest BCUT2D eigenvalue weighted by atomic mass is 35.5. The highest BCUT2D eigenvalue weighted by Gasteiger charge is 2.40. The number of nitrogens with zero attached hydrogens (tertiary/aromatic N) is 3. The zero-order valence-corrected chi connectivity index (χ0v) is 17.5. The molecule has 7 heteroatoms. The van der Waals surface area contributed by atoms with Gasteiger partial charge in [0.1, 0.15) is 12.3 Å². The first-order valence-corrected chi connectivity index (χ1v) is 10.0. The maximum Gasteiger partial charge on any atom is 0.170 e. The van der Waals surface area contributed by atoms with Crippen LogP contribution in [0.4, 0.5) is 5.69 Å². The molecule has 4 rings (SSSR count). The van der Waals surface area contributed by atoms with Crippen molar-refractivity contribution in [3.8, 4) is 0 Å². The Bertz CT molecular complexity index is 932. The number of quaternary nitrogens is 1. The summed E-state index contributed by atoms with van der Waals surface area (Å²) in [7, 11) is 2.05. The van der Waals surface area contributed by atoms with Gasteiger partial charge in [-0.05, 0) is 51.6 Å². The zero-order valence-electron chi connectivity index (χ0n) is 15.9. The van der Waals surface area contributed by atoms with E-state index in [0.29, 0.717) is 24.2 Å². The molecule has 0 aliphatic carbocycles. The summed E-state index contributed by atoms with van der Waals surface area (Å²) in [4.78, 5) is 4.38. The number of benzene rings is 2. The number of rotatable bonds is 4. The molecule has 0 bridgehead atoms. The van der Waals surface area contributed by atoms with E-state index in [9.17, 15) is 5.21 Å². The van der Waals surface area contributed by atoms with E-state index in [-0.39, 0.29) is 5.48 Å². The van der Waals surface area contributed by atoms with Gasteiger partial charge in [-0.2, -0.15) is 4.76 Å². The molecule has 0 fully saturated rings. The van der Waals surface area contributed by atoms with Gasteiger partial charge in [0.25, 0.3) is 0 Å². The molecule has 2 heterocycles. The second-order valence-corrected chi connectivity index (χ2v) is 8.79. The van der Waals surface area contributed by atoms with Crippen LogP contribution in [-0.2, 0) is 0 Å². The van der Waals surface area contributed by atoms with E-state index in [2.05, 4.69) is 30.8 Å². The number of aryl methyl sites for hydroxylation is 1. The Hall–Kier alpha value is -1.41. The fourth-order valence-electron chi connectivity index (χ4n) is 3.39. The van der Waals surface area contributed by atoms with Crippen molar-refractivity contribution in [2.75, 3.05) is 20.1 Å². The summed E-state index contributed by atoms with van der Waals surface area (Å²) in [5.74, 6) is 0. The molecule has 1 unspecified atom stereocenters. The van der Waals surface area contributed by atoms with Crippen LogP contribution in [-0.4, -0.2) is 42.3 Å². The van der Waals surface area contributed by atoms with Crippen molar-refractivity contribution in [1.82, 2.24) is 9.66 Å². The first kappa shape index (κ1) is 20.3. The number of fused-ring (bicyclic) bond motifs is 2. The minimum absolute atomic E-state index is 0. The van der Waals surface area contributed by atoms with E-state index in [1.54, 1.807) is 11.8 Å². The molecule has 144 valence electrons. The van der Waals surface area contributed by atoms with Gasteiger partial charge in [-0.3, -0.25) is 4.90 Å². The minimum Gasteiger partial charge on any atom is -0.599 e. The van der Waals surface area contributed by atoms with E-state index >= 15 is 0 Å². The van der Waals surface area contributed by atoms with E-state index in [1.807, 2.05) is 37.4 Å². The third-order valence-electron chi connectivity index (χ3n) is 5.26. The van der Waals surface area contributed by atoms with Crippen LogP contribution < -0.4 is 4.76 Å². The molecule has 0 spiro atoms. The smallest absolute Gasteiger partial charge is 0.170 e. The van der Waals surface area contributed by atoms with Crippen molar-refractivity contribution in [1.29, 1.82) is 0 Å². The molecule has 0 saturated carbocycles. The Kier molecular flexibility index (Phi) is 5.42. The third kappa shape index (κ3) is 3.31. The maximum absolute atomic E-state index is 13.7. The predicted octanol–water partition coefficient (Wildman–Crippen LogP) is 4.20. The van der Waals surface area contributed by atoms with E-state index in [0.717, 1.165) is 32.3 Å². The number of hydrogen-bond donors (Lipinski definition) is 0. The van der Waals surface area contributed by atoms with Gasteiger partial charge in [-0.15, -0.1) is 0 Å². The molecular weight excluding hydrogens is 382 g/mol. The van der Waals surface area contributed by atoms with E-state index < -0.39 is 4.76 Å². The zero-order chi connectivity index (χ0) is 18.6. The Labute approximate surface area is 169 Å². The van der Waals surface area contributed by atoms with Crippen LogP contribution in [0.5, 0.6) is 0 Å². The number of hydroxylamine groups is 1. The highest BCUT2D eigenvalue weighted by Crippen LogP contribution is 2.50. The molecule has 0 aromatic heterocycles. The van der Waals surface area contributed by atoms with Crippen LogP contribution in [0.2, 0.25) is 5.02 Å². The van der Waals surface area contributed by atoms with E-state index in [4.69, 9.17) is 11.6 Å². The van der Waals surface area contributed by atoms with Crippen LogP contribution in [0.15, 0.2) is 45.2 Å². The van der Waals surface area contributed by atoms with E-state index in [1.165, 1.54) is 5.56 Å². The molecule has 2 aliphatic heterocycles. The third-order valence-corrected chi connectivity index (χ3v) is 6.78. The topological polar surface area (TPSA) is 70.2 Å². The van der Waals surface area contributed by atoms with Crippen LogP contribution in [0.25, 0.3) is 0 Å². The molecule has 2 N–H and O–H groups in total. The number of hydrogen-bond acceptors (Lipinski definition) is 4. The van der Waals surface area contributed by atoms with Crippen molar-refractivity contribution in [2.45, 2.75) is 36.6 Å². The monoisotopic (exact) mass is 405 g/mol. The highest BCUT2D eigenvalue weighted by molar-refractivity contribution is 7.99. The quantitative estimate of drug-likeness (QED) is 0.482. The Morgan fingerprint density at radius 1 is 1.26 bits per heavy atom. The van der Waals surface area contributed by atoms with Gasteiger partial charge in [-0.1, -0.05) is 34.5 Å². The second kappa shape index (κ2) is 7.20. The fraction of sp³-hybridized carbons (Fsp3) is 0.350. The first-order chi connectivity index (χ1) is 12.3. The van der Waals surface area contributed by atoms with Gasteiger partial charge in [0, 0.05) is 32.5 Å². The summed E-state index contributed by atoms with van der Waals surface area (Å²) in [6.45, 7) is 7.45. The Morgan fingerprint density at radius 3 is 2.70 bits per heavy atom. The normalized spacial score (nSPS) is 19.6. The molecule has 2 aliphatic rings. The molecule has 0 radical (unpaired) electrons. The van der Waals surface area contributed by atoms with Gasteiger partial charge in [-0.25, -0.2) is 0 Å². The summed E-state index contributed by atoms with van der Waals surface area (Å²) < 4.78 is -0.641. The standard InChI is InChI=1S/C20H22ClN3OS.H2O/c1-12(2)23(4)9-10-24(25)16-8-5-13(3)20-18(16)19(22-24)15-7-6-14(21)11-17(15)26-20;/h5-8,11-12H,9-10H2,1-4H3;1H2. The van der Waals surface area contributed by atoms with Gasteiger partial charge >= 0.3 is 0 Å². The maximum atomic E-state index is 13.7. The second-order valence-electron chi connectivity index (χ2n) is 7.30. The van der Waals surface area contributed by atoms with Gasteiger partial charge < -0.3 is 10.7 Å². The van der Waals surface area contributed by atoms with Gasteiger partial charge in [0.05, 0.1) is 12.1 Å². The summed E-state index contributed by atoms with van der Waals surface area (Å²) in [6.07, 6.45) is 0. The lowest BCUT2D eigenvalue weighted by atomic mass is 9.99. The average Bonchev–Trinajstić information content (AvgIpc) is 2.89. The molecule has 2 aromatic rings. The molecule has 0 amide bonds. The van der Waals surface area contributed by atoms with Crippen molar-refractivity contribution in [2.24, 2.45) is 5.10 Å². The summed E-state index contributed by atoms with van der Waals surface area (Å²) in [6, 6.07) is 10.2. The summed E-state index contributed by atoms with van der Waals surface area (Å²) in [5.41, 5.74) is 4.75. The Morgan fingerprint density at radius 2 is 2.00 bits per heavy atom. The van der Waals surface area contributed by atoms with Crippen LogP contribution >= 0.6 is 23.4 Å². The molecular formula is C20H24ClN3O2S. The lowest BCUT2D eigenvalue weighted by Crippen LogP contribution is -2.43. The summed E-state index contributed by atoms with van der Waals surface area (Å²) >= 11 is 7.88. The molecule has 27 heavy (non-hydrogen) atoms. The SMILES string of the molecule is Cc1ccc2c3c1Sc1cc(Cl)ccc1C3=N[N+]2([O-])CCN(C)C(C)C.O. The van der Waals surface area contributed by atoms with Crippen LogP contribution in [0.1, 0.15) is 30.5 Å². The number of halogens is 1. The molecule has 1 atom stereocenters. The summed E-state index contributed by atoms with van der Waals surface area (Å²) in [5, 5.41) is 19.1. The van der Waals surface area contributed by atoms with Crippen molar-refractivity contribution in [3.05, 3.63) is 57.3 Å². The van der Waals surface area contributed by atoms with Crippen molar-refractivity contribution < 1.29 is 5.48 Å². The van der Waals surface area contributed by atoms with Gasteiger partial charge in [0.2, 0.25) is 0 Å². The molecule has 0 saturated heterocycles.